The minimum atomic E-state index is 0.858. The molecule has 2 aromatic rings. The van der Waals surface area contributed by atoms with Gasteiger partial charge in [-0.3, -0.25) is 0 Å². The third-order valence-electron chi connectivity index (χ3n) is 1.51. The molecule has 0 fully saturated rings. The monoisotopic (exact) mass is 197 g/mol. The molecule has 62 valence electrons. The summed E-state index contributed by atoms with van der Waals surface area (Å²) in [6.45, 7) is 0. The van der Waals surface area contributed by atoms with Crippen molar-refractivity contribution in [3.8, 4) is 11.3 Å². The SMILES string of the molecule is CSc1cc(-c2ccsc2)no1. The second kappa shape index (κ2) is 3.33. The van der Waals surface area contributed by atoms with E-state index in [4.69, 9.17) is 4.52 Å². The lowest BCUT2D eigenvalue weighted by Crippen LogP contribution is -1.67. The Morgan fingerprint density at radius 2 is 2.50 bits per heavy atom. The first-order valence-corrected chi connectivity index (χ1v) is 5.60. The molecule has 4 heteroatoms. The third kappa shape index (κ3) is 1.40. The van der Waals surface area contributed by atoms with Crippen LogP contribution < -0.4 is 0 Å². The standard InChI is InChI=1S/C8H7NOS2/c1-11-8-4-7(9-10-8)6-2-3-12-5-6/h2-5H,1H3. The highest BCUT2D eigenvalue weighted by Gasteiger charge is 2.04. The van der Waals surface area contributed by atoms with E-state index in [-0.39, 0.29) is 0 Å². The average Bonchev–Trinajstić information content (AvgIpc) is 2.75. The largest absolute Gasteiger partial charge is 0.349 e. The van der Waals surface area contributed by atoms with Crippen LogP contribution in [0.4, 0.5) is 0 Å². The van der Waals surface area contributed by atoms with E-state index in [0.29, 0.717) is 0 Å². The zero-order valence-electron chi connectivity index (χ0n) is 6.48. The molecule has 0 bridgehead atoms. The second-order valence-corrected chi connectivity index (χ2v) is 3.84. The van der Waals surface area contributed by atoms with E-state index in [2.05, 4.69) is 10.5 Å². The van der Waals surface area contributed by atoms with Crippen molar-refractivity contribution in [2.75, 3.05) is 6.26 Å². The first-order valence-electron chi connectivity index (χ1n) is 3.43. The Morgan fingerprint density at radius 1 is 1.58 bits per heavy atom. The fraction of sp³-hybridized carbons (Fsp3) is 0.125. The van der Waals surface area contributed by atoms with Gasteiger partial charge < -0.3 is 4.52 Å². The van der Waals surface area contributed by atoms with Gasteiger partial charge >= 0.3 is 0 Å². The van der Waals surface area contributed by atoms with E-state index in [1.165, 1.54) is 0 Å². The Balaban J connectivity index is 2.35. The summed E-state index contributed by atoms with van der Waals surface area (Å²) in [5.74, 6) is 0. The zero-order chi connectivity index (χ0) is 8.39. The maximum atomic E-state index is 5.06. The van der Waals surface area contributed by atoms with Crippen molar-refractivity contribution in [1.29, 1.82) is 0 Å². The molecule has 0 unspecified atom stereocenters. The van der Waals surface area contributed by atoms with Gasteiger partial charge in [-0.1, -0.05) is 16.9 Å². The molecular weight excluding hydrogens is 190 g/mol. The summed E-state index contributed by atoms with van der Waals surface area (Å²) in [7, 11) is 0. The van der Waals surface area contributed by atoms with Crippen molar-refractivity contribution < 1.29 is 4.52 Å². The van der Waals surface area contributed by atoms with E-state index >= 15 is 0 Å². The van der Waals surface area contributed by atoms with Gasteiger partial charge in [0.15, 0.2) is 5.09 Å². The number of hydrogen-bond donors (Lipinski definition) is 0. The van der Waals surface area contributed by atoms with Crippen molar-refractivity contribution in [1.82, 2.24) is 5.16 Å². The molecule has 0 aliphatic carbocycles. The minimum Gasteiger partial charge on any atom is -0.349 e. The zero-order valence-corrected chi connectivity index (χ0v) is 8.11. The van der Waals surface area contributed by atoms with Crippen LogP contribution in [0.25, 0.3) is 11.3 Å². The van der Waals surface area contributed by atoms with Crippen molar-refractivity contribution in [3.05, 3.63) is 22.9 Å². The van der Waals surface area contributed by atoms with Crippen molar-refractivity contribution in [2.24, 2.45) is 0 Å². The number of aromatic nitrogens is 1. The Labute approximate surface area is 78.6 Å². The minimum absolute atomic E-state index is 0.858. The average molecular weight is 197 g/mol. The molecule has 2 heterocycles. The topological polar surface area (TPSA) is 26.0 Å². The highest BCUT2D eigenvalue weighted by Crippen LogP contribution is 2.24. The van der Waals surface area contributed by atoms with Crippen LogP contribution in [0.15, 0.2) is 32.5 Å². The Kier molecular flexibility index (Phi) is 2.19. The Hall–Kier alpha value is -0.740. The second-order valence-electron chi connectivity index (χ2n) is 2.25. The lowest BCUT2D eigenvalue weighted by molar-refractivity contribution is 0.352. The van der Waals surface area contributed by atoms with E-state index in [1.54, 1.807) is 23.1 Å². The molecule has 0 spiro atoms. The number of thioether (sulfide) groups is 1. The summed E-state index contributed by atoms with van der Waals surface area (Å²) >= 11 is 3.22. The predicted octanol–water partition coefficient (Wildman–Crippen LogP) is 3.13. The van der Waals surface area contributed by atoms with Gasteiger partial charge in [0.25, 0.3) is 0 Å². The molecule has 0 atom stereocenters. The van der Waals surface area contributed by atoms with E-state index in [9.17, 15) is 0 Å². The maximum Gasteiger partial charge on any atom is 0.193 e. The van der Waals surface area contributed by atoms with Gasteiger partial charge in [0.1, 0.15) is 5.69 Å². The molecule has 12 heavy (non-hydrogen) atoms. The van der Waals surface area contributed by atoms with Gasteiger partial charge in [0.05, 0.1) is 0 Å². The number of nitrogens with zero attached hydrogens (tertiary/aromatic N) is 1. The highest BCUT2D eigenvalue weighted by molar-refractivity contribution is 7.98. The Morgan fingerprint density at radius 3 is 3.08 bits per heavy atom. The quantitative estimate of drug-likeness (QED) is 0.692. The first-order chi connectivity index (χ1) is 5.90. The molecule has 0 amide bonds. The van der Waals surface area contributed by atoms with E-state index in [0.717, 1.165) is 16.3 Å². The van der Waals surface area contributed by atoms with Crippen LogP contribution in [0.1, 0.15) is 0 Å². The van der Waals surface area contributed by atoms with Crippen LogP contribution in [-0.4, -0.2) is 11.4 Å². The molecule has 0 radical (unpaired) electrons. The van der Waals surface area contributed by atoms with Gasteiger partial charge in [-0.05, 0) is 17.7 Å². The van der Waals surface area contributed by atoms with Crippen molar-refractivity contribution >= 4 is 23.1 Å². The Bertz CT molecular complexity index is 353. The molecule has 2 nitrogen and oxygen atoms in total. The molecule has 2 rings (SSSR count). The summed E-state index contributed by atoms with van der Waals surface area (Å²) < 4.78 is 5.06. The van der Waals surface area contributed by atoms with Crippen molar-refractivity contribution in [2.45, 2.75) is 5.09 Å². The fourth-order valence-corrected chi connectivity index (χ4v) is 1.89. The van der Waals surface area contributed by atoms with Gasteiger partial charge in [-0.2, -0.15) is 11.3 Å². The summed E-state index contributed by atoms with van der Waals surface area (Å²) in [5.41, 5.74) is 2.05. The molecule has 0 aliphatic rings. The van der Waals surface area contributed by atoms with E-state index in [1.807, 2.05) is 23.8 Å². The molecule has 0 aliphatic heterocycles. The van der Waals surface area contributed by atoms with Gasteiger partial charge in [-0.25, -0.2) is 0 Å². The molecule has 2 aromatic heterocycles. The molecule has 0 saturated heterocycles. The number of rotatable bonds is 2. The maximum absolute atomic E-state index is 5.06. The predicted molar refractivity (Wildman–Crippen MR) is 51.6 cm³/mol. The molecule has 0 saturated carbocycles. The van der Waals surface area contributed by atoms with Crippen molar-refractivity contribution in [3.63, 3.8) is 0 Å². The fourth-order valence-electron chi connectivity index (χ4n) is 0.901. The summed E-state index contributed by atoms with van der Waals surface area (Å²) in [5, 5.41) is 8.89. The van der Waals surface area contributed by atoms with Gasteiger partial charge in [-0.15, -0.1) is 0 Å². The normalized spacial score (nSPS) is 10.4. The van der Waals surface area contributed by atoms with E-state index < -0.39 is 0 Å². The molecular formula is C8H7NOS2. The van der Waals surface area contributed by atoms with Crippen LogP contribution in [-0.2, 0) is 0 Å². The smallest absolute Gasteiger partial charge is 0.193 e. The summed E-state index contributed by atoms with van der Waals surface area (Å²) in [6.07, 6.45) is 1.97. The lowest BCUT2D eigenvalue weighted by atomic mass is 10.2. The molecule has 0 N–H and O–H groups in total. The summed E-state index contributed by atoms with van der Waals surface area (Å²) in [4.78, 5) is 0. The first kappa shape index (κ1) is 7.89. The van der Waals surface area contributed by atoms with Crippen LogP contribution in [0.5, 0.6) is 0 Å². The van der Waals surface area contributed by atoms with Crippen LogP contribution in [0, 0.1) is 0 Å². The van der Waals surface area contributed by atoms with Crippen LogP contribution >= 0.6 is 23.1 Å². The number of thiophene rings is 1. The van der Waals surface area contributed by atoms with Crippen LogP contribution in [0.3, 0.4) is 0 Å². The van der Waals surface area contributed by atoms with Crippen LogP contribution in [0.2, 0.25) is 0 Å². The van der Waals surface area contributed by atoms with Gasteiger partial charge in [0.2, 0.25) is 0 Å². The third-order valence-corrected chi connectivity index (χ3v) is 2.78. The number of hydrogen-bond acceptors (Lipinski definition) is 4. The summed E-state index contributed by atoms with van der Waals surface area (Å²) in [6, 6.07) is 3.99. The lowest BCUT2D eigenvalue weighted by Gasteiger charge is -1.82. The molecule has 0 aromatic carbocycles. The van der Waals surface area contributed by atoms with Gasteiger partial charge in [0, 0.05) is 17.0 Å². The highest BCUT2D eigenvalue weighted by atomic mass is 32.2.